The normalized spacial score (nSPS) is 11.8. The highest BCUT2D eigenvalue weighted by Crippen LogP contribution is 2.20. The predicted molar refractivity (Wildman–Crippen MR) is 69.1 cm³/mol. The number of hydrogen-bond donors (Lipinski definition) is 0. The fraction of sp³-hybridized carbons (Fsp3) is 0.200. The highest BCUT2D eigenvalue weighted by Gasteiger charge is 2.22. The Morgan fingerprint density at radius 2 is 1.89 bits per heavy atom. The van der Waals surface area contributed by atoms with Crippen LogP contribution in [0.15, 0.2) is 54.7 Å². The molecule has 0 N–H and O–H groups in total. The van der Waals surface area contributed by atoms with Crippen LogP contribution in [0, 0.1) is 0 Å². The van der Waals surface area contributed by atoms with E-state index in [-0.39, 0.29) is 11.9 Å². The Morgan fingerprint density at radius 3 is 2.50 bits per heavy atom. The van der Waals surface area contributed by atoms with Gasteiger partial charge in [0, 0.05) is 6.20 Å². The molecule has 0 spiro atoms. The van der Waals surface area contributed by atoms with Crippen molar-refractivity contribution in [2.24, 2.45) is 0 Å². The second-order valence-corrected chi connectivity index (χ2v) is 4.02. The third kappa shape index (κ3) is 2.94. The zero-order valence-electron chi connectivity index (χ0n) is 10.2. The SMILES string of the molecule is COC(=O)C(Cc1ccccc1)c1ccccn1. The van der Waals surface area contributed by atoms with Crippen LogP contribution in [0.25, 0.3) is 0 Å². The molecule has 0 fully saturated rings. The Morgan fingerprint density at radius 1 is 1.17 bits per heavy atom. The van der Waals surface area contributed by atoms with Gasteiger partial charge in [-0.25, -0.2) is 0 Å². The third-order valence-corrected chi connectivity index (χ3v) is 2.81. The molecule has 0 aliphatic rings. The van der Waals surface area contributed by atoms with Crippen molar-refractivity contribution >= 4 is 5.97 Å². The van der Waals surface area contributed by atoms with Gasteiger partial charge in [-0.2, -0.15) is 0 Å². The number of nitrogens with zero attached hydrogens (tertiary/aromatic N) is 1. The van der Waals surface area contributed by atoms with E-state index in [1.165, 1.54) is 7.11 Å². The minimum Gasteiger partial charge on any atom is -0.468 e. The molecule has 3 nitrogen and oxygen atoms in total. The number of rotatable bonds is 4. The van der Waals surface area contributed by atoms with Gasteiger partial charge in [-0.05, 0) is 24.1 Å². The molecule has 2 rings (SSSR count). The van der Waals surface area contributed by atoms with E-state index in [0.29, 0.717) is 6.42 Å². The smallest absolute Gasteiger partial charge is 0.315 e. The van der Waals surface area contributed by atoms with Crippen LogP contribution in [0.3, 0.4) is 0 Å². The number of ether oxygens (including phenoxy) is 1. The Bertz CT molecular complexity index is 496. The van der Waals surface area contributed by atoms with Gasteiger partial charge in [0.05, 0.1) is 12.8 Å². The Labute approximate surface area is 106 Å². The molecular formula is C15H15NO2. The fourth-order valence-electron chi connectivity index (χ4n) is 1.88. The van der Waals surface area contributed by atoms with E-state index in [1.54, 1.807) is 6.20 Å². The lowest BCUT2D eigenvalue weighted by Gasteiger charge is -2.14. The highest BCUT2D eigenvalue weighted by molar-refractivity contribution is 5.77. The van der Waals surface area contributed by atoms with Crippen LogP contribution in [0.4, 0.5) is 0 Å². The first-order valence-electron chi connectivity index (χ1n) is 5.84. The second-order valence-electron chi connectivity index (χ2n) is 4.02. The molecule has 0 saturated heterocycles. The summed E-state index contributed by atoms with van der Waals surface area (Å²) in [6, 6.07) is 15.4. The molecule has 3 heteroatoms. The first-order valence-corrected chi connectivity index (χ1v) is 5.84. The van der Waals surface area contributed by atoms with Crippen molar-refractivity contribution < 1.29 is 9.53 Å². The van der Waals surface area contributed by atoms with Crippen LogP contribution in [0.1, 0.15) is 17.2 Å². The summed E-state index contributed by atoms with van der Waals surface area (Å²) < 4.78 is 4.86. The summed E-state index contributed by atoms with van der Waals surface area (Å²) in [4.78, 5) is 16.1. The molecule has 0 amide bonds. The van der Waals surface area contributed by atoms with E-state index in [0.717, 1.165) is 11.3 Å². The van der Waals surface area contributed by atoms with Crippen molar-refractivity contribution in [3.63, 3.8) is 0 Å². The number of pyridine rings is 1. The Balaban J connectivity index is 2.24. The van der Waals surface area contributed by atoms with Gasteiger partial charge in [0.15, 0.2) is 0 Å². The second kappa shape index (κ2) is 5.96. The minimum absolute atomic E-state index is 0.252. The zero-order chi connectivity index (χ0) is 12.8. The van der Waals surface area contributed by atoms with Crippen molar-refractivity contribution in [2.75, 3.05) is 7.11 Å². The molecule has 1 unspecified atom stereocenters. The first kappa shape index (κ1) is 12.3. The number of aromatic nitrogens is 1. The summed E-state index contributed by atoms with van der Waals surface area (Å²) >= 11 is 0. The Hall–Kier alpha value is -2.16. The first-order chi connectivity index (χ1) is 8.81. The number of carbonyl (C=O) groups excluding carboxylic acids is 1. The van der Waals surface area contributed by atoms with E-state index in [2.05, 4.69) is 4.98 Å². The molecule has 1 heterocycles. The summed E-state index contributed by atoms with van der Waals surface area (Å²) in [5.74, 6) is -0.601. The van der Waals surface area contributed by atoms with E-state index < -0.39 is 0 Å². The van der Waals surface area contributed by atoms with Gasteiger partial charge in [0.2, 0.25) is 0 Å². The van der Waals surface area contributed by atoms with Crippen molar-refractivity contribution in [3.8, 4) is 0 Å². The Kier molecular flexibility index (Phi) is 4.07. The maximum absolute atomic E-state index is 11.9. The van der Waals surface area contributed by atoms with E-state index in [4.69, 9.17) is 4.74 Å². The molecule has 1 aromatic heterocycles. The molecule has 0 radical (unpaired) electrons. The van der Waals surface area contributed by atoms with Crippen molar-refractivity contribution in [2.45, 2.75) is 12.3 Å². The molecule has 2 aromatic rings. The van der Waals surface area contributed by atoms with Crippen molar-refractivity contribution in [3.05, 3.63) is 66.0 Å². The van der Waals surface area contributed by atoms with E-state index in [1.807, 2.05) is 48.5 Å². The molecule has 92 valence electrons. The molecule has 1 atom stereocenters. The molecule has 0 bridgehead atoms. The maximum atomic E-state index is 11.9. The van der Waals surface area contributed by atoms with Crippen LogP contribution in [-0.4, -0.2) is 18.1 Å². The van der Waals surface area contributed by atoms with Crippen LogP contribution < -0.4 is 0 Å². The average Bonchev–Trinajstić information content (AvgIpc) is 2.46. The lowest BCUT2D eigenvalue weighted by molar-refractivity contribution is -0.142. The van der Waals surface area contributed by atoms with Gasteiger partial charge in [-0.15, -0.1) is 0 Å². The minimum atomic E-state index is -0.349. The van der Waals surface area contributed by atoms with Gasteiger partial charge in [0.1, 0.15) is 5.92 Å². The van der Waals surface area contributed by atoms with Crippen molar-refractivity contribution in [1.29, 1.82) is 0 Å². The van der Waals surface area contributed by atoms with Gasteiger partial charge >= 0.3 is 5.97 Å². The lowest BCUT2D eigenvalue weighted by Crippen LogP contribution is -2.17. The van der Waals surface area contributed by atoms with Crippen LogP contribution in [0.5, 0.6) is 0 Å². The molecule has 0 saturated carbocycles. The molecule has 18 heavy (non-hydrogen) atoms. The quantitative estimate of drug-likeness (QED) is 0.772. The zero-order valence-corrected chi connectivity index (χ0v) is 10.2. The maximum Gasteiger partial charge on any atom is 0.315 e. The van der Waals surface area contributed by atoms with Gasteiger partial charge in [-0.1, -0.05) is 36.4 Å². The average molecular weight is 241 g/mol. The van der Waals surface area contributed by atoms with Gasteiger partial charge in [0.25, 0.3) is 0 Å². The number of carbonyl (C=O) groups is 1. The number of benzene rings is 1. The summed E-state index contributed by atoms with van der Waals surface area (Å²) in [5, 5.41) is 0. The van der Waals surface area contributed by atoms with Crippen LogP contribution in [-0.2, 0) is 16.0 Å². The fourth-order valence-corrected chi connectivity index (χ4v) is 1.88. The highest BCUT2D eigenvalue weighted by atomic mass is 16.5. The molecule has 0 aliphatic carbocycles. The third-order valence-electron chi connectivity index (χ3n) is 2.81. The van der Waals surface area contributed by atoms with Crippen LogP contribution >= 0.6 is 0 Å². The summed E-state index contributed by atoms with van der Waals surface area (Å²) in [5.41, 5.74) is 1.84. The molecule has 1 aromatic carbocycles. The lowest BCUT2D eigenvalue weighted by atomic mass is 9.96. The van der Waals surface area contributed by atoms with Gasteiger partial charge < -0.3 is 4.74 Å². The van der Waals surface area contributed by atoms with E-state index in [9.17, 15) is 4.79 Å². The van der Waals surface area contributed by atoms with Crippen LogP contribution in [0.2, 0.25) is 0 Å². The number of hydrogen-bond acceptors (Lipinski definition) is 3. The summed E-state index contributed by atoms with van der Waals surface area (Å²) in [6.07, 6.45) is 2.29. The number of esters is 1. The molecule has 0 aliphatic heterocycles. The predicted octanol–water partition coefficient (Wildman–Crippen LogP) is 2.58. The summed E-state index contributed by atoms with van der Waals surface area (Å²) in [7, 11) is 1.41. The summed E-state index contributed by atoms with van der Waals surface area (Å²) in [6.45, 7) is 0. The van der Waals surface area contributed by atoms with E-state index >= 15 is 0 Å². The standard InChI is InChI=1S/C15H15NO2/c1-18-15(17)13(14-9-5-6-10-16-14)11-12-7-3-2-4-8-12/h2-10,13H,11H2,1H3. The molecular weight excluding hydrogens is 226 g/mol. The largest absolute Gasteiger partial charge is 0.468 e. The monoisotopic (exact) mass is 241 g/mol. The topological polar surface area (TPSA) is 39.2 Å². The van der Waals surface area contributed by atoms with Gasteiger partial charge in [-0.3, -0.25) is 9.78 Å². The van der Waals surface area contributed by atoms with Crippen molar-refractivity contribution in [1.82, 2.24) is 4.98 Å². The number of methoxy groups -OCH3 is 1.